The van der Waals surface area contributed by atoms with Crippen LogP contribution < -0.4 is 5.73 Å². The van der Waals surface area contributed by atoms with E-state index >= 15 is 0 Å². The molecule has 0 aliphatic rings. The number of halogens is 4. The van der Waals surface area contributed by atoms with Gasteiger partial charge in [0.25, 0.3) is 6.43 Å². The van der Waals surface area contributed by atoms with E-state index in [2.05, 4.69) is 9.97 Å². The van der Waals surface area contributed by atoms with Crippen LogP contribution >= 0.6 is 23.2 Å². The molecule has 94 valence electrons. The lowest BCUT2D eigenvalue weighted by atomic mass is 10.2. The molecule has 0 bridgehead atoms. The largest absolute Gasteiger partial charge is 0.396 e. The summed E-state index contributed by atoms with van der Waals surface area (Å²) in [6.07, 6.45) is -1.63. The number of alkyl halides is 2. The molecule has 0 unspecified atom stereocenters. The van der Waals surface area contributed by atoms with Crippen LogP contribution in [0.25, 0.3) is 11.4 Å². The minimum atomic E-state index is -2.76. The van der Waals surface area contributed by atoms with Crippen molar-refractivity contribution in [3.8, 4) is 11.4 Å². The summed E-state index contributed by atoms with van der Waals surface area (Å²) in [5, 5.41) is 0.744. The van der Waals surface area contributed by atoms with Crippen LogP contribution in [0.1, 0.15) is 12.1 Å². The topological polar surface area (TPSA) is 51.8 Å². The molecule has 0 atom stereocenters. The molecule has 1 aromatic carbocycles. The van der Waals surface area contributed by atoms with E-state index in [0.29, 0.717) is 15.6 Å². The molecule has 0 saturated carbocycles. The monoisotopic (exact) mass is 289 g/mol. The van der Waals surface area contributed by atoms with Gasteiger partial charge in [0.2, 0.25) is 0 Å². The molecule has 18 heavy (non-hydrogen) atoms. The molecule has 0 aliphatic heterocycles. The average Bonchev–Trinajstić information content (AvgIpc) is 2.27. The Balaban J connectivity index is 2.54. The van der Waals surface area contributed by atoms with Gasteiger partial charge in [0.05, 0.1) is 11.9 Å². The van der Waals surface area contributed by atoms with Gasteiger partial charge in [0.1, 0.15) is 5.69 Å². The fraction of sp³-hybridized carbons (Fsp3) is 0.0909. The van der Waals surface area contributed by atoms with Gasteiger partial charge >= 0.3 is 0 Å². The third-order valence-electron chi connectivity index (χ3n) is 2.18. The Morgan fingerprint density at radius 3 is 2.28 bits per heavy atom. The van der Waals surface area contributed by atoms with Gasteiger partial charge in [0, 0.05) is 15.6 Å². The fourth-order valence-corrected chi connectivity index (χ4v) is 1.93. The van der Waals surface area contributed by atoms with Crippen molar-refractivity contribution in [3.63, 3.8) is 0 Å². The van der Waals surface area contributed by atoms with E-state index in [1.165, 1.54) is 18.2 Å². The number of nitrogens with zero attached hydrogens (tertiary/aromatic N) is 2. The molecule has 0 fully saturated rings. The van der Waals surface area contributed by atoms with Gasteiger partial charge in [-0.05, 0) is 18.2 Å². The van der Waals surface area contributed by atoms with E-state index < -0.39 is 12.1 Å². The minimum absolute atomic E-state index is 0.101. The molecule has 7 heteroatoms. The summed E-state index contributed by atoms with van der Waals surface area (Å²) < 4.78 is 25.3. The number of hydrogen-bond donors (Lipinski definition) is 1. The zero-order chi connectivity index (χ0) is 13.3. The van der Waals surface area contributed by atoms with Gasteiger partial charge in [-0.1, -0.05) is 23.2 Å². The quantitative estimate of drug-likeness (QED) is 0.910. The molecule has 0 spiro atoms. The van der Waals surface area contributed by atoms with Gasteiger partial charge in [-0.15, -0.1) is 0 Å². The molecule has 3 nitrogen and oxygen atoms in total. The van der Waals surface area contributed by atoms with Crippen molar-refractivity contribution in [2.75, 3.05) is 5.73 Å². The molecule has 0 amide bonds. The van der Waals surface area contributed by atoms with Crippen molar-refractivity contribution in [1.82, 2.24) is 9.97 Å². The van der Waals surface area contributed by atoms with Crippen molar-refractivity contribution in [2.45, 2.75) is 6.43 Å². The maximum Gasteiger partial charge on any atom is 0.282 e. The molecule has 2 aromatic rings. The third kappa shape index (κ3) is 2.68. The summed E-state index contributed by atoms with van der Waals surface area (Å²) in [7, 11) is 0. The number of benzene rings is 1. The molecule has 0 saturated heterocycles. The smallest absolute Gasteiger partial charge is 0.282 e. The first-order valence-corrected chi connectivity index (χ1v) is 5.60. The maximum atomic E-state index is 12.7. The van der Waals surface area contributed by atoms with E-state index in [4.69, 9.17) is 28.9 Å². The Hall–Kier alpha value is -1.46. The Morgan fingerprint density at radius 2 is 1.72 bits per heavy atom. The predicted molar refractivity (Wildman–Crippen MR) is 66.9 cm³/mol. The molecule has 0 radical (unpaired) electrons. The van der Waals surface area contributed by atoms with Crippen LogP contribution in [0, 0.1) is 0 Å². The van der Waals surface area contributed by atoms with E-state index in [9.17, 15) is 8.78 Å². The van der Waals surface area contributed by atoms with Crippen molar-refractivity contribution in [3.05, 3.63) is 40.1 Å². The highest BCUT2D eigenvalue weighted by atomic mass is 35.5. The highest BCUT2D eigenvalue weighted by molar-refractivity contribution is 6.35. The first kappa shape index (κ1) is 13.0. The zero-order valence-corrected chi connectivity index (χ0v) is 10.4. The Bertz CT molecular complexity index is 570. The molecule has 1 aromatic heterocycles. The average molecular weight is 290 g/mol. The van der Waals surface area contributed by atoms with Crippen LogP contribution in [0.4, 0.5) is 14.5 Å². The summed E-state index contributed by atoms with van der Waals surface area (Å²) in [6.45, 7) is 0. The van der Waals surface area contributed by atoms with Gasteiger partial charge in [-0.2, -0.15) is 0 Å². The lowest BCUT2D eigenvalue weighted by Gasteiger charge is -2.06. The number of nitrogens with two attached hydrogens (primary N) is 1. The van der Waals surface area contributed by atoms with Crippen LogP contribution in [0.2, 0.25) is 10.0 Å². The molecular weight excluding hydrogens is 283 g/mol. The number of aromatic nitrogens is 2. The van der Waals surface area contributed by atoms with E-state index in [-0.39, 0.29) is 11.5 Å². The molecule has 2 N–H and O–H groups in total. The predicted octanol–water partition coefficient (Wildman–Crippen LogP) is 3.97. The zero-order valence-electron chi connectivity index (χ0n) is 8.87. The Kier molecular flexibility index (Phi) is 3.63. The number of anilines is 1. The first-order valence-electron chi connectivity index (χ1n) is 4.84. The first-order chi connectivity index (χ1) is 8.47. The second-order valence-corrected chi connectivity index (χ2v) is 4.37. The number of hydrogen-bond acceptors (Lipinski definition) is 3. The SMILES string of the molecule is Nc1cnc(-c2cc(Cl)cc(Cl)c2)nc1C(F)F. The summed E-state index contributed by atoms with van der Waals surface area (Å²) in [5.41, 5.74) is 5.17. The van der Waals surface area contributed by atoms with Crippen LogP contribution in [0.3, 0.4) is 0 Å². The summed E-state index contributed by atoms with van der Waals surface area (Å²) in [5.74, 6) is 0.101. The van der Waals surface area contributed by atoms with E-state index in [1.807, 2.05) is 0 Å². The number of nitrogen functional groups attached to an aromatic ring is 1. The van der Waals surface area contributed by atoms with Crippen LogP contribution in [-0.2, 0) is 0 Å². The van der Waals surface area contributed by atoms with Crippen LogP contribution in [0.5, 0.6) is 0 Å². The standard InChI is InChI=1S/C11H7Cl2F2N3/c12-6-1-5(2-7(13)3-6)11-17-4-8(16)9(18-11)10(14)15/h1-4,10H,16H2. The molecule has 0 aliphatic carbocycles. The Labute approximate surface area is 112 Å². The Morgan fingerprint density at radius 1 is 1.11 bits per heavy atom. The summed E-state index contributed by atoms with van der Waals surface area (Å²) >= 11 is 11.6. The molecular formula is C11H7Cl2F2N3. The molecule has 2 rings (SSSR count). The van der Waals surface area contributed by atoms with Gasteiger partial charge in [-0.25, -0.2) is 18.7 Å². The maximum absolute atomic E-state index is 12.7. The highest BCUT2D eigenvalue weighted by Crippen LogP contribution is 2.28. The fourth-order valence-electron chi connectivity index (χ4n) is 1.40. The van der Waals surface area contributed by atoms with E-state index in [0.717, 1.165) is 6.20 Å². The van der Waals surface area contributed by atoms with Gasteiger partial charge in [0.15, 0.2) is 5.82 Å². The van der Waals surface area contributed by atoms with Crippen LogP contribution in [-0.4, -0.2) is 9.97 Å². The van der Waals surface area contributed by atoms with Crippen LogP contribution in [0.15, 0.2) is 24.4 Å². The second kappa shape index (κ2) is 5.04. The van der Waals surface area contributed by atoms with Crippen molar-refractivity contribution in [2.24, 2.45) is 0 Å². The van der Waals surface area contributed by atoms with Gasteiger partial charge < -0.3 is 5.73 Å². The summed E-state index contributed by atoms with van der Waals surface area (Å²) in [4.78, 5) is 7.61. The second-order valence-electron chi connectivity index (χ2n) is 3.49. The van der Waals surface area contributed by atoms with Gasteiger partial charge in [-0.3, -0.25) is 0 Å². The van der Waals surface area contributed by atoms with Crippen molar-refractivity contribution < 1.29 is 8.78 Å². The van der Waals surface area contributed by atoms with Crippen molar-refractivity contribution >= 4 is 28.9 Å². The normalized spacial score (nSPS) is 10.9. The lowest BCUT2D eigenvalue weighted by Crippen LogP contribution is -2.02. The number of rotatable bonds is 2. The van der Waals surface area contributed by atoms with E-state index in [1.54, 1.807) is 0 Å². The molecule has 1 heterocycles. The summed E-state index contributed by atoms with van der Waals surface area (Å²) in [6, 6.07) is 4.60. The highest BCUT2D eigenvalue weighted by Gasteiger charge is 2.15. The van der Waals surface area contributed by atoms with Crippen molar-refractivity contribution in [1.29, 1.82) is 0 Å². The third-order valence-corrected chi connectivity index (χ3v) is 2.61. The lowest BCUT2D eigenvalue weighted by molar-refractivity contribution is 0.147. The minimum Gasteiger partial charge on any atom is -0.396 e.